The molecule has 0 aliphatic carbocycles. The molecule has 1 aliphatic heterocycles. The van der Waals surface area contributed by atoms with Gasteiger partial charge in [-0.2, -0.15) is 0 Å². The summed E-state index contributed by atoms with van der Waals surface area (Å²) in [6, 6.07) is -0.797. The van der Waals surface area contributed by atoms with Crippen molar-refractivity contribution in [2.75, 3.05) is 6.61 Å². The Morgan fingerprint density at radius 1 is 1.56 bits per heavy atom. The van der Waals surface area contributed by atoms with Gasteiger partial charge >= 0.3 is 5.97 Å². The molecular formula is C11H19NO4. The summed E-state index contributed by atoms with van der Waals surface area (Å²) >= 11 is 0. The molecule has 1 saturated heterocycles. The zero-order chi connectivity index (χ0) is 12.1. The maximum atomic E-state index is 11.7. The Hall–Kier alpha value is -1.10. The quantitative estimate of drug-likeness (QED) is 0.730. The van der Waals surface area contributed by atoms with Crippen molar-refractivity contribution in [1.82, 2.24) is 5.32 Å². The van der Waals surface area contributed by atoms with Crippen LogP contribution in [0.1, 0.15) is 33.1 Å². The smallest absolute Gasteiger partial charge is 0.326 e. The zero-order valence-corrected chi connectivity index (χ0v) is 9.73. The molecule has 16 heavy (non-hydrogen) atoms. The van der Waals surface area contributed by atoms with E-state index in [4.69, 9.17) is 9.84 Å². The Morgan fingerprint density at radius 2 is 2.25 bits per heavy atom. The van der Waals surface area contributed by atoms with Crippen molar-refractivity contribution in [2.45, 2.75) is 45.3 Å². The molecule has 1 heterocycles. The molecule has 1 amide bonds. The molecule has 0 aromatic heterocycles. The Labute approximate surface area is 95.2 Å². The third-order valence-corrected chi connectivity index (χ3v) is 2.84. The molecule has 92 valence electrons. The predicted octanol–water partition coefficient (Wildman–Crippen LogP) is 0.781. The normalized spacial score (nSPS) is 26.4. The van der Waals surface area contributed by atoms with Crippen LogP contribution in [-0.4, -0.2) is 35.7 Å². The molecule has 1 fully saturated rings. The highest BCUT2D eigenvalue weighted by Crippen LogP contribution is 2.20. The van der Waals surface area contributed by atoms with Crippen LogP contribution in [0.2, 0.25) is 0 Å². The van der Waals surface area contributed by atoms with Crippen molar-refractivity contribution in [2.24, 2.45) is 5.92 Å². The number of carbonyl (C=O) groups is 2. The highest BCUT2D eigenvalue weighted by atomic mass is 16.5. The molecule has 2 unspecified atom stereocenters. The fourth-order valence-corrected chi connectivity index (χ4v) is 1.83. The fourth-order valence-electron chi connectivity index (χ4n) is 1.83. The van der Waals surface area contributed by atoms with Gasteiger partial charge in [0.2, 0.25) is 5.91 Å². The number of rotatable bonds is 5. The molecule has 3 atom stereocenters. The number of ether oxygens (including phenoxy) is 1. The molecule has 1 aliphatic rings. The molecule has 1 rings (SSSR count). The van der Waals surface area contributed by atoms with E-state index in [-0.39, 0.29) is 11.8 Å². The van der Waals surface area contributed by atoms with Crippen molar-refractivity contribution >= 4 is 11.9 Å². The summed E-state index contributed by atoms with van der Waals surface area (Å²) in [4.78, 5) is 22.6. The van der Waals surface area contributed by atoms with Gasteiger partial charge in [-0.15, -0.1) is 0 Å². The maximum Gasteiger partial charge on any atom is 0.326 e. The van der Waals surface area contributed by atoms with Gasteiger partial charge in [-0.1, -0.05) is 20.3 Å². The first-order chi connectivity index (χ1) is 7.56. The van der Waals surface area contributed by atoms with Crippen LogP contribution in [-0.2, 0) is 14.3 Å². The summed E-state index contributed by atoms with van der Waals surface area (Å²) in [7, 11) is 0. The van der Waals surface area contributed by atoms with Gasteiger partial charge in [0.05, 0.1) is 0 Å². The van der Waals surface area contributed by atoms with E-state index in [1.165, 1.54) is 0 Å². The second-order valence-corrected chi connectivity index (χ2v) is 4.25. The lowest BCUT2D eigenvalue weighted by molar-refractivity contribution is -0.144. The van der Waals surface area contributed by atoms with Gasteiger partial charge in [0.15, 0.2) is 0 Å². The maximum absolute atomic E-state index is 11.7. The third-order valence-electron chi connectivity index (χ3n) is 2.84. The molecular weight excluding hydrogens is 210 g/mol. The van der Waals surface area contributed by atoms with Crippen molar-refractivity contribution in [3.05, 3.63) is 0 Å². The molecule has 2 N–H and O–H groups in total. The molecule has 0 radical (unpaired) electrons. The molecule has 0 spiro atoms. The number of amides is 1. The Kier molecular flexibility index (Phi) is 4.73. The van der Waals surface area contributed by atoms with E-state index >= 15 is 0 Å². The lowest BCUT2D eigenvalue weighted by Gasteiger charge is -2.18. The summed E-state index contributed by atoms with van der Waals surface area (Å²) < 4.78 is 5.28. The monoisotopic (exact) mass is 229 g/mol. The van der Waals surface area contributed by atoms with E-state index < -0.39 is 18.1 Å². The van der Waals surface area contributed by atoms with Gasteiger partial charge in [0.25, 0.3) is 0 Å². The second kappa shape index (κ2) is 5.84. The first kappa shape index (κ1) is 13.0. The van der Waals surface area contributed by atoms with E-state index in [1.807, 2.05) is 13.8 Å². The molecule has 5 heteroatoms. The van der Waals surface area contributed by atoms with Crippen LogP contribution in [0.25, 0.3) is 0 Å². The van der Waals surface area contributed by atoms with Crippen LogP contribution >= 0.6 is 0 Å². The van der Waals surface area contributed by atoms with Crippen LogP contribution in [0.15, 0.2) is 0 Å². The number of carbonyl (C=O) groups excluding carboxylic acids is 1. The Bertz CT molecular complexity index is 267. The van der Waals surface area contributed by atoms with Crippen LogP contribution in [0.5, 0.6) is 0 Å². The largest absolute Gasteiger partial charge is 0.480 e. The van der Waals surface area contributed by atoms with Crippen molar-refractivity contribution in [1.29, 1.82) is 0 Å². The van der Waals surface area contributed by atoms with E-state index in [9.17, 15) is 9.59 Å². The lowest BCUT2D eigenvalue weighted by Crippen LogP contribution is -2.46. The summed E-state index contributed by atoms with van der Waals surface area (Å²) in [5, 5.41) is 11.4. The zero-order valence-electron chi connectivity index (χ0n) is 9.73. The van der Waals surface area contributed by atoms with Crippen LogP contribution in [0.4, 0.5) is 0 Å². The van der Waals surface area contributed by atoms with Crippen molar-refractivity contribution in [3.63, 3.8) is 0 Å². The number of carboxylic acids is 1. The fraction of sp³-hybridized carbons (Fsp3) is 0.818. The summed E-state index contributed by atoms with van der Waals surface area (Å²) in [6.45, 7) is 4.40. The molecule has 0 aromatic rings. The number of carboxylic acid groups (broad SMARTS) is 1. The summed E-state index contributed by atoms with van der Waals surface area (Å²) in [5.74, 6) is -1.12. The van der Waals surface area contributed by atoms with Gasteiger partial charge in [-0.05, 0) is 18.8 Å². The highest BCUT2D eigenvalue weighted by molar-refractivity contribution is 5.86. The third kappa shape index (κ3) is 3.20. The number of aliphatic carboxylic acids is 1. The van der Waals surface area contributed by atoms with E-state index in [1.54, 1.807) is 0 Å². The van der Waals surface area contributed by atoms with Crippen LogP contribution in [0.3, 0.4) is 0 Å². The number of hydrogen-bond donors (Lipinski definition) is 2. The van der Waals surface area contributed by atoms with Gasteiger partial charge in [-0.25, -0.2) is 4.79 Å². The minimum absolute atomic E-state index is 0.163. The van der Waals surface area contributed by atoms with E-state index in [2.05, 4.69) is 5.32 Å². The standard InChI is InChI=1S/C11H19NO4/c1-3-4-8(11(14)15)12-10(13)9-7(2)5-6-16-9/h7-9H,3-6H2,1-2H3,(H,12,13)(H,14,15)/t7?,8-,9?/m1/s1. The van der Waals surface area contributed by atoms with E-state index in [0.29, 0.717) is 13.0 Å². The van der Waals surface area contributed by atoms with Crippen LogP contribution < -0.4 is 5.32 Å². The summed E-state index contributed by atoms with van der Waals surface area (Å²) in [5.41, 5.74) is 0. The average molecular weight is 229 g/mol. The highest BCUT2D eigenvalue weighted by Gasteiger charge is 2.32. The second-order valence-electron chi connectivity index (χ2n) is 4.25. The first-order valence-electron chi connectivity index (χ1n) is 5.71. The predicted molar refractivity (Wildman–Crippen MR) is 58.0 cm³/mol. The Balaban J connectivity index is 2.50. The van der Waals surface area contributed by atoms with E-state index in [0.717, 1.165) is 12.8 Å². The van der Waals surface area contributed by atoms with Gasteiger partial charge in [0, 0.05) is 6.61 Å². The van der Waals surface area contributed by atoms with Gasteiger partial charge in [0.1, 0.15) is 12.1 Å². The van der Waals surface area contributed by atoms with Gasteiger partial charge in [-0.3, -0.25) is 4.79 Å². The topological polar surface area (TPSA) is 75.6 Å². The minimum Gasteiger partial charge on any atom is -0.480 e. The van der Waals surface area contributed by atoms with Crippen molar-refractivity contribution < 1.29 is 19.4 Å². The molecule has 0 aromatic carbocycles. The number of nitrogens with one attached hydrogen (secondary N) is 1. The molecule has 0 bridgehead atoms. The Morgan fingerprint density at radius 3 is 2.69 bits per heavy atom. The number of hydrogen-bond acceptors (Lipinski definition) is 3. The SMILES string of the molecule is CCC[C@@H](NC(=O)C1OCCC1C)C(=O)O. The minimum atomic E-state index is -0.985. The average Bonchev–Trinajstić information content (AvgIpc) is 2.63. The first-order valence-corrected chi connectivity index (χ1v) is 5.71. The van der Waals surface area contributed by atoms with Gasteiger partial charge < -0.3 is 15.2 Å². The van der Waals surface area contributed by atoms with Crippen LogP contribution in [0, 0.1) is 5.92 Å². The molecule has 0 saturated carbocycles. The summed E-state index contributed by atoms with van der Waals surface area (Å²) in [6.07, 6.45) is 1.53. The molecule has 5 nitrogen and oxygen atoms in total. The lowest BCUT2D eigenvalue weighted by atomic mass is 10.0. The van der Waals surface area contributed by atoms with Crippen molar-refractivity contribution in [3.8, 4) is 0 Å².